The number of rotatable bonds is 2. The number of aryl methyl sites for hydroxylation is 1. The lowest BCUT2D eigenvalue weighted by Crippen LogP contribution is -2.40. The fourth-order valence-electron chi connectivity index (χ4n) is 2.53. The molecule has 1 saturated heterocycles. The van der Waals surface area contributed by atoms with Crippen LogP contribution in [-0.2, 0) is 4.74 Å². The van der Waals surface area contributed by atoms with E-state index in [1.165, 1.54) is 0 Å². The molecule has 0 saturated carbocycles. The molecule has 1 aliphatic heterocycles. The zero-order valence-corrected chi connectivity index (χ0v) is 11.9. The quantitative estimate of drug-likeness (QED) is 0.863. The van der Waals surface area contributed by atoms with Gasteiger partial charge in [0.05, 0.1) is 13.2 Å². The predicted octanol–water partition coefficient (Wildman–Crippen LogP) is 2.77. The summed E-state index contributed by atoms with van der Waals surface area (Å²) in [5, 5.41) is 0. The van der Waals surface area contributed by atoms with Crippen LogP contribution in [0.4, 0.5) is 15.9 Å². The van der Waals surface area contributed by atoms with Crippen LogP contribution >= 0.6 is 0 Å². The van der Waals surface area contributed by atoms with Crippen molar-refractivity contribution in [1.29, 1.82) is 0 Å². The summed E-state index contributed by atoms with van der Waals surface area (Å²) in [6.45, 7) is 3.28. The van der Waals surface area contributed by atoms with Crippen molar-refractivity contribution in [1.82, 2.24) is 4.98 Å². The summed E-state index contributed by atoms with van der Waals surface area (Å²) >= 11 is 0. The highest BCUT2D eigenvalue weighted by atomic mass is 19.1. The molecule has 0 spiro atoms. The highest BCUT2D eigenvalue weighted by Crippen LogP contribution is 2.28. The summed E-state index contributed by atoms with van der Waals surface area (Å²) in [5.41, 5.74) is 9.85. The van der Waals surface area contributed by atoms with Crippen LogP contribution < -0.4 is 10.6 Å². The largest absolute Gasteiger partial charge is 0.399 e. The summed E-state index contributed by atoms with van der Waals surface area (Å²) in [6, 6.07) is 9.75. The van der Waals surface area contributed by atoms with Gasteiger partial charge in [-0.05, 0) is 47.9 Å². The lowest BCUT2D eigenvalue weighted by molar-refractivity contribution is -0.0467. The first-order valence-corrected chi connectivity index (χ1v) is 6.96. The molecule has 1 fully saturated rings. The summed E-state index contributed by atoms with van der Waals surface area (Å²) in [7, 11) is 0. The van der Waals surface area contributed by atoms with Gasteiger partial charge in [-0.15, -0.1) is 0 Å². The number of hydrogen-bond acceptors (Lipinski definition) is 4. The molecule has 0 radical (unpaired) electrons. The van der Waals surface area contributed by atoms with Gasteiger partial charge in [0.2, 0.25) is 6.36 Å². The first-order chi connectivity index (χ1) is 10.1. The van der Waals surface area contributed by atoms with E-state index in [1.807, 2.05) is 42.2 Å². The fraction of sp³-hybridized carbons (Fsp3) is 0.312. The van der Waals surface area contributed by atoms with E-state index in [2.05, 4.69) is 4.98 Å². The molecule has 0 amide bonds. The second kappa shape index (κ2) is 5.69. The second-order valence-corrected chi connectivity index (χ2v) is 5.20. The highest BCUT2D eigenvalue weighted by molar-refractivity contribution is 5.72. The molecule has 4 nitrogen and oxygen atoms in total. The molecule has 2 N–H and O–H groups in total. The minimum absolute atomic E-state index is 0.215. The fourth-order valence-corrected chi connectivity index (χ4v) is 2.53. The number of ether oxygens (including phenoxy) is 1. The van der Waals surface area contributed by atoms with Gasteiger partial charge in [-0.2, -0.15) is 0 Å². The zero-order chi connectivity index (χ0) is 14.8. The molecule has 21 heavy (non-hydrogen) atoms. The molecule has 5 heteroatoms. The smallest absolute Gasteiger partial charge is 0.216 e. The Bertz CT molecular complexity index is 647. The second-order valence-electron chi connectivity index (χ2n) is 5.20. The molecular weight excluding hydrogens is 269 g/mol. The maximum atomic E-state index is 13.4. The monoisotopic (exact) mass is 287 g/mol. The van der Waals surface area contributed by atoms with Gasteiger partial charge in [-0.3, -0.25) is 0 Å². The Labute approximate surface area is 123 Å². The third-order valence-corrected chi connectivity index (χ3v) is 3.67. The SMILES string of the molecule is Cc1ccc(N)cc1-c1ccnc(N2CCOC(F)C2)c1. The number of nitrogen functional groups attached to an aromatic ring is 1. The minimum atomic E-state index is -1.25. The first kappa shape index (κ1) is 13.8. The maximum Gasteiger partial charge on any atom is 0.216 e. The lowest BCUT2D eigenvalue weighted by atomic mass is 10.0. The van der Waals surface area contributed by atoms with E-state index in [-0.39, 0.29) is 6.54 Å². The molecule has 1 atom stereocenters. The van der Waals surface area contributed by atoms with Gasteiger partial charge in [-0.25, -0.2) is 9.37 Å². The van der Waals surface area contributed by atoms with Gasteiger partial charge in [0.25, 0.3) is 0 Å². The van der Waals surface area contributed by atoms with E-state index >= 15 is 0 Å². The number of nitrogens with two attached hydrogens (primary N) is 1. The Morgan fingerprint density at radius 2 is 2.19 bits per heavy atom. The minimum Gasteiger partial charge on any atom is -0.399 e. The maximum absolute atomic E-state index is 13.4. The molecule has 3 rings (SSSR count). The van der Waals surface area contributed by atoms with E-state index in [1.54, 1.807) is 6.20 Å². The van der Waals surface area contributed by atoms with Crippen LogP contribution in [0.2, 0.25) is 0 Å². The van der Waals surface area contributed by atoms with Crippen molar-refractivity contribution < 1.29 is 9.13 Å². The van der Waals surface area contributed by atoms with Gasteiger partial charge >= 0.3 is 0 Å². The van der Waals surface area contributed by atoms with Crippen molar-refractivity contribution in [3.63, 3.8) is 0 Å². The molecule has 1 aliphatic rings. The molecule has 0 aliphatic carbocycles. The van der Waals surface area contributed by atoms with Gasteiger partial charge in [0.1, 0.15) is 5.82 Å². The number of hydrogen-bond donors (Lipinski definition) is 1. The van der Waals surface area contributed by atoms with Crippen molar-refractivity contribution >= 4 is 11.5 Å². The zero-order valence-electron chi connectivity index (χ0n) is 11.9. The molecule has 1 unspecified atom stereocenters. The molecule has 2 heterocycles. The highest BCUT2D eigenvalue weighted by Gasteiger charge is 2.20. The Morgan fingerprint density at radius 1 is 1.33 bits per heavy atom. The summed E-state index contributed by atoms with van der Waals surface area (Å²) < 4.78 is 18.3. The molecule has 2 aromatic rings. The number of alkyl halides is 1. The summed E-state index contributed by atoms with van der Waals surface area (Å²) in [4.78, 5) is 6.25. The van der Waals surface area contributed by atoms with Gasteiger partial charge in [0.15, 0.2) is 0 Å². The molecule has 1 aromatic carbocycles. The van der Waals surface area contributed by atoms with Crippen LogP contribution in [0.3, 0.4) is 0 Å². The van der Waals surface area contributed by atoms with E-state index in [0.717, 1.165) is 28.2 Å². The van der Waals surface area contributed by atoms with Crippen LogP contribution in [0.25, 0.3) is 11.1 Å². The molecular formula is C16H18FN3O. The number of halogens is 1. The van der Waals surface area contributed by atoms with Gasteiger partial charge in [-0.1, -0.05) is 6.07 Å². The Balaban J connectivity index is 1.94. The average Bonchev–Trinajstić information content (AvgIpc) is 2.50. The van der Waals surface area contributed by atoms with Gasteiger partial charge in [0, 0.05) is 18.4 Å². The number of benzene rings is 1. The third kappa shape index (κ3) is 2.97. The van der Waals surface area contributed by atoms with Crippen LogP contribution in [0, 0.1) is 6.92 Å². The Morgan fingerprint density at radius 3 is 3.00 bits per heavy atom. The van der Waals surface area contributed by atoms with Crippen molar-refractivity contribution in [3.8, 4) is 11.1 Å². The molecule has 1 aromatic heterocycles. The summed E-state index contributed by atoms with van der Waals surface area (Å²) in [5.74, 6) is 0.764. The number of nitrogens with zero attached hydrogens (tertiary/aromatic N) is 2. The Kier molecular flexibility index (Phi) is 3.75. The van der Waals surface area contributed by atoms with Crippen molar-refractivity contribution in [2.24, 2.45) is 0 Å². The van der Waals surface area contributed by atoms with Crippen LogP contribution in [0.5, 0.6) is 0 Å². The topological polar surface area (TPSA) is 51.4 Å². The van der Waals surface area contributed by atoms with Crippen LogP contribution in [0.15, 0.2) is 36.5 Å². The van der Waals surface area contributed by atoms with E-state index in [9.17, 15) is 4.39 Å². The standard InChI is InChI=1S/C16H18FN3O/c1-11-2-3-13(18)9-14(11)12-4-5-19-16(8-12)20-6-7-21-15(17)10-20/h2-5,8-9,15H,6-7,10,18H2,1H3. The van der Waals surface area contributed by atoms with Crippen molar-refractivity contribution in [3.05, 3.63) is 42.1 Å². The van der Waals surface area contributed by atoms with Crippen LogP contribution in [0.1, 0.15) is 5.56 Å². The summed E-state index contributed by atoms with van der Waals surface area (Å²) in [6.07, 6.45) is 0.494. The van der Waals surface area contributed by atoms with Crippen molar-refractivity contribution in [2.45, 2.75) is 13.3 Å². The van der Waals surface area contributed by atoms with E-state index < -0.39 is 6.36 Å². The van der Waals surface area contributed by atoms with E-state index in [0.29, 0.717) is 13.2 Å². The molecule has 0 bridgehead atoms. The van der Waals surface area contributed by atoms with E-state index in [4.69, 9.17) is 10.5 Å². The Hall–Kier alpha value is -2.14. The normalized spacial score (nSPS) is 18.8. The number of anilines is 2. The number of aromatic nitrogens is 1. The molecule has 110 valence electrons. The van der Waals surface area contributed by atoms with Crippen LogP contribution in [-0.4, -0.2) is 31.0 Å². The average molecular weight is 287 g/mol. The predicted molar refractivity (Wildman–Crippen MR) is 81.9 cm³/mol. The first-order valence-electron chi connectivity index (χ1n) is 6.96. The lowest BCUT2D eigenvalue weighted by Gasteiger charge is -2.30. The number of morpholine rings is 1. The van der Waals surface area contributed by atoms with Crippen molar-refractivity contribution in [2.75, 3.05) is 30.3 Å². The van der Waals surface area contributed by atoms with Gasteiger partial charge < -0.3 is 15.4 Å². The number of pyridine rings is 1. The third-order valence-electron chi connectivity index (χ3n) is 3.67.